The Morgan fingerprint density at radius 1 is 1.26 bits per heavy atom. The van der Waals surface area contributed by atoms with Crippen LogP contribution in [0.2, 0.25) is 0 Å². The van der Waals surface area contributed by atoms with E-state index in [1.54, 1.807) is 0 Å². The molecule has 0 bridgehead atoms. The predicted molar refractivity (Wildman–Crippen MR) is 114 cm³/mol. The Morgan fingerprint density at radius 2 is 2.03 bits per heavy atom. The van der Waals surface area contributed by atoms with Crippen molar-refractivity contribution in [3.8, 4) is 16.9 Å². The SMILES string of the molecule is CC1(C)Cc2nc(N3CCOc4ccc(-c5cnc(C(=O)O)nc5)cc43)sc2C(=O)N1. The molecule has 31 heavy (non-hydrogen) atoms. The lowest BCUT2D eigenvalue weighted by Crippen LogP contribution is -2.48. The fourth-order valence-corrected chi connectivity index (χ4v) is 4.78. The molecule has 4 heterocycles. The Bertz CT molecular complexity index is 1200. The molecule has 0 fully saturated rings. The summed E-state index contributed by atoms with van der Waals surface area (Å²) >= 11 is 1.38. The number of ether oxygens (including phenoxy) is 1. The van der Waals surface area contributed by atoms with Gasteiger partial charge in [-0.25, -0.2) is 19.7 Å². The van der Waals surface area contributed by atoms with Gasteiger partial charge in [0.05, 0.1) is 17.9 Å². The average molecular weight is 437 g/mol. The minimum Gasteiger partial charge on any atom is -0.490 e. The Kier molecular flexibility index (Phi) is 4.40. The van der Waals surface area contributed by atoms with Crippen LogP contribution >= 0.6 is 11.3 Å². The number of hydrogen-bond donors (Lipinski definition) is 2. The molecule has 0 unspecified atom stereocenters. The van der Waals surface area contributed by atoms with Crippen molar-refractivity contribution in [1.29, 1.82) is 0 Å². The van der Waals surface area contributed by atoms with E-state index in [1.165, 1.54) is 23.7 Å². The maximum absolute atomic E-state index is 12.5. The first-order chi connectivity index (χ1) is 14.8. The number of amides is 1. The molecule has 0 atom stereocenters. The van der Waals surface area contributed by atoms with E-state index < -0.39 is 5.97 Å². The van der Waals surface area contributed by atoms with Crippen molar-refractivity contribution in [3.05, 3.63) is 47.0 Å². The lowest BCUT2D eigenvalue weighted by atomic mass is 9.94. The van der Waals surface area contributed by atoms with Crippen LogP contribution < -0.4 is 15.0 Å². The highest BCUT2D eigenvalue weighted by molar-refractivity contribution is 7.17. The zero-order chi connectivity index (χ0) is 21.8. The fourth-order valence-electron chi connectivity index (χ4n) is 3.76. The third-order valence-corrected chi connectivity index (χ3v) is 6.30. The van der Waals surface area contributed by atoms with Crippen molar-refractivity contribution in [2.75, 3.05) is 18.1 Å². The maximum Gasteiger partial charge on any atom is 0.373 e. The number of anilines is 2. The Labute approximate surface area is 181 Å². The second-order valence-corrected chi connectivity index (χ2v) is 9.05. The molecule has 0 aliphatic carbocycles. The van der Waals surface area contributed by atoms with Crippen molar-refractivity contribution in [2.45, 2.75) is 25.8 Å². The maximum atomic E-state index is 12.5. The number of carboxylic acid groups (broad SMARTS) is 1. The van der Waals surface area contributed by atoms with E-state index in [9.17, 15) is 9.59 Å². The molecule has 0 radical (unpaired) electrons. The van der Waals surface area contributed by atoms with Crippen molar-refractivity contribution in [1.82, 2.24) is 20.3 Å². The number of aromatic carboxylic acids is 1. The van der Waals surface area contributed by atoms with E-state index >= 15 is 0 Å². The van der Waals surface area contributed by atoms with Crippen molar-refractivity contribution in [3.63, 3.8) is 0 Å². The first kappa shape index (κ1) is 19.4. The molecule has 158 valence electrons. The lowest BCUT2D eigenvalue weighted by molar-refractivity contribution is 0.0683. The van der Waals surface area contributed by atoms with Crippen LogP contribution in [0.3, 0.4) is 0 Å². The molecule has 1 amide bonds. The summed E-state index contributed by atoms with van der Waals surface area (Å²) in [5.41, 5.74) is 2.84. The number of thiazole rings is 1. The van der Waals surface area contributed by atoms with Gasteiger partial charge in [0, 0.05) is 29.9 Å². The van der Waals surface area contributed by atoms with Crippen LogP contribution in [0.15, 0.2) is 30.6 Å². The number of nitrogens with one attached hydrogen (secondary N) is 1. The molecule has 9 nitrogen and oxygen atoms in total. The van der Waals surface area contributed by atoms with Gasteiger partial charge < -0.3 is 20.1 Å². The third-order valence-electron chi connectivity index (χ3n) is 5.18. The number of fused-ring (bicyclic) bond motifs is 2. The van der Waals surface area contributed by atoms with Crippen molar-refractivity contribution < 1.29 is 19.4 Å². The number of hydrogen-bond acceptors (Lipinski definition) is 8. The van der Waals surface area contributed by atoms with Crippen LogP contribution in [-0.2, 0) is 6.42 Å². The molecule has 0 saturated carbocycles. The number of benzene rings is 1. The Morgan fingerprint density at radius 3 is 2.77 bits per heavy atom. The minimum atomic E-state index is -1.17. The van der Waals surface area contributed by atoms with Crippen LogP contribution in [0, 0.1) is 0 Å². The van der Waals surface area contributed by atoms with Gasteiger partial charge in [0.1, 0.15) is 17.2 Å². The average Bonchev–Trinajstić information content (AvgIpc) is 3.16. The number of carbonyl (C=O) groups is 2. The van der Waals surface area contributed by atoms with Gasteiger partial charge in [-0.05, 0) is 31.5 Å². The van der Waals surface area contributed by atoms with Gasteiger partial charge in [0.2, 0.25) is 5.82 Å². The first-order valence-corrected chi connectivity index (χ1v) is 10.5. The summed E-state index contributed by atoms with van der Waals surface area (Å²) in [6, 6.07) is 5.69. The standard InChI is InChI=1S/C21H19N5O4S/c1-21(2)8-13-16(18(27)25-21)31-20(24-13)26-5-6-30-15-4-3-11(7-14(15)26)12-9-22-17(19(28)29)23-10-12/h3-4,7,9-10H,5-6,8H2,1-2H3,(H,25,27)(H,28,29). The van der Waals surface area contributed by atoms with Gasteiger partial charge in [-0.1, -0.05) is 17.4 Å². The predicted octanol–water partition coefficient (Wildman–Crippen LogP) is 2.89. The summed E-state index contributed by atoms with van der Waals surface area (Å²) in [5, 5.41) is 12.8. The number of carboxylic acids is 1. The quantitative estimate of drug-likeness (QED) is 0.642. The van der Waals surface area contributed by atoms with Crippen molar-refractivity contribution in [2.24, 2.45) is 0 Å². The Balaban J connectivity index is 1.52. The molecule has 1 aromatic carbocycles. The van der Waals surface area contributed by atoms with Crippen LogP contribution in [-0.4, -0.2) is 50.6 Å². The molecule has 2 N–H and O–H groups in total. The summed E-state index contributed by atoms with van der Waals surface area (Å²) in [6.45, 7) is 5.08. The summed E-state index contributed by atoms with van der Waals surface area (Å²) in [6.07, 6.45) is 3.65. The lowest BCUT2D eigenvalue weighted by Gasteiger charge is -2.29. The first-order valence-electron chi connectivity index (χ1n) is 9.73. The van der Waals surface area contributed by atoms with Gasteiger partial charge in [-0.15, -0.1) is 0 Å². The third kappa shape index (κ3) is 3.48. The van der Waals surface area contributed by atoms with Gasteiger partial charge in [-0.3, -0.25) is 4.79 Å². The van der Waals surface area contributed by atoms with Gasteiger partial charge in [0.15, 0.2) is 5.13 Å². The van der Waals surface area contributed by atoms with Gasteiger partial charge in [-0.2, -0.15) is 0 Å². The number of aromatic nitrogens is 3. The molecule has 2 aliphatic heterocycles. The minimum absolute atomic E-state index is 0.0899. The van der Waals surface area contributed by atoms with E-state index in [0.29, 0.717) is 30.0 Å². The van der Waals surface area contributed by atoms with Crippen LogP contribution in [0.25, 0.3) is 11.1 Å². The largest absolute Gasteiger partial charge is 0.490 e. The van der Waals surface area contributed by atoms with Crippen molar-refractivity contribution >= 4 is 34.0 Å². The molecular formula is C21H19N5O4S. The highest BCUT2D eigenvalue weighted by atomic mass is 32.1. The van der Waals surface area contributed by atoms with Crippen LogP contribution in [0.1, 0.15) is 39.8 Å². The molecule has 0 spiro atoms. The van der Waals surface area contributed by atoms with Gasteiger partial charge in [0.25, 0.3) is 5.91 Å². The highest BCUT2D eigenvalue weighted by Crippen LogP contribution is 2.42. The summed E-state index contributed by atoms with van der Waals surface area (Å²) in [7, 11) is 0. The van der Waals surface area contributed by atoms with E-state index in [4.69, 9.17) is 14.8 Å². The zero-order valence-corrected chi connectivity index (χ0v) is 17.7. The van der Waals surface area contributed by atoms with Crippen LogP contribution in [0.5, 0.6) is 5.75 Å². The molecule has 3 aromatic rings. The molecule has 10 heteroatoms. The molecule has 5 rings (SSSR count). The molecule has 0 saturated heterocycles. The van der Waals surface area contributed by atoms with Gasteiger partial charge >= 0.3 is 5.97 Å². The molecule has 2 aliphatic rings. The highest BCUT2D eigenvalue weighted by Gasteiger charge is 2.34. The second kappa shape index (κ2) is 7.02. The molecule has 2 aromatic heterocycles. The zero-order valence-electron chi connectivity index (χ0n) is 16.9. The Hall–Kier alpha value is -3.53. The number of carbonyl (C=O) groups excluding carboxylic acids is 1. The smallest absolute Gasteiger partial charge is 0.373 e. The van der Waals surface area contributed by atoms with E-state index in [1.807, 2.05) is 32.0 Å². The monoisotopic (exact) mass is 437 g/mol. The van der Waals surface area contributed by atoms with E-state index in [2.05, 4.69) is 20.2 Å². The topological polar surface area (TPSA) is 118 Å². The number of rotatable bonds is 3. The summed E-state index contributed by atoms with van der Waals surface area (Å²) in [5.74, 6) is -0.790. The number of nitrogens with zero attached hydrogens (tertiary/aromatic N) is 4. The fraction of sp³-hybridized carbons (Fsp3) is 0.286. The normalized spacial score (nSPS) is 16.7. The molecular weight excluding hydrogens is 418 g/mol. The van der Waals surface area contributed by atoms with E-state index in [-0.39, 0.29) is 17.3 Å². The van der Waals surface area contributed by atoms with E-state index in [0.717, 1.165) is 27.8 Å². The summed E-state index contributed by atoms with van der Waals surface area (Å²) < 4.78 is 5.82. The van der Waals surface area contributed by atoms with Crippen LogP contribution in [0.4, 0.5) is 10.8 Å². The summed E-state index contributed by atoms with van der Waals surface area (Å²) in [4.78, 5) is 38.8. The second-order valence-electron chi connectivity index (χ2n) is 8.07.